The second-order valence-corrected chi connectivity index (χ2v) is 9.73. The van der Waals surface area contributed by atoms with Crippen molar-refractivity contribution in [1.29, 1.82) is 0 Å². The van der Waals surface area contributed by atoms with E-state index < -0.39 is 5.97 Å². The van der Waals surface area contributed by atoms with Crippen molar-refractivity contribution in [2.45, 2.75) is 156 Å². The molecule has 0 spiro atoms. The molecule has 0 aliphatic carbocycles. The maximum absolute atomic E-state index is 12.2. The number of carbonyl (C=O) groups excluding carboxylic acids is 2. The predicted molar refractivity (Wildman–Crippen MR) is 133 cm³/mol. The molecule has 0 saturated carbocycles. The molecule has 0 heterocycles. The minimum atomic E-state index is -0.485. The van der Waals surface area contributed by atoms with Crippen molar-refractivity contribution >= 4 is 11.9 Å². The number of unbranched alkanes of at least 4 members (excludes halogenated alkanes) is 16. The summed E-state index contributed by atoms with van der Waals surface area (Å²) in [4.78, 5) is 23.4. The molecule has 31 heavy (non-hydrogen) atoms. The third kappa shape index (κ3) is 19.5. The molecule has 3 nitrogen and oxygen atoms in total. The molecular weight excluding hydrogens is 384 g/mol. The highest BCUT2D eigenvalue weighted by atomic mass is 16.6. The zero-order valence-electron chi connectivity index (χ0n) is 21.5. The van der Waals surface area contributed by atoms with E-state index in [2.05, 4.69) is 20.8 Å². The van der Waals surface area contributed by atoms with Gasteiger partial charge in [0.2, 0.25) is 0 Å². The summed E-state index contributed by atoms with van der Waals surface area (Å²) in [5.74, 6) is -0.628. The van der Waals surface area contributed by atoms with Gasteiger partial charge in [-0.1, -0.05) is 136 Å². The van der Waals surface area contributed by atoms with Crippen LogP contribution in [0.15, 0.2) is 0 Å². The van der Waals surface area contributed by atoms with Crippen molar-refractivity contribution in [3.63, 3.8) is 0 Å². The summed E-state index contributed by atoms with van der Waals surface area (Å²) in [5.41, 5.74) is 0. The number of rotatable bonds is 22. The number of carbonyl (C=O) groups is 2. The van der Waals surface area contributed by atoms with Gasteiger partial charge in [-0.05, 0) is 18.8 Å². The lowest BCUT2D eigenvalue weighted by Crippen LogP contribution is -2.26. The summed E-state index contributed by atoms with van der Waals surface area (Å²) in [6.45, 7) is 7.87. The van der Waals surface area contributed by atoms with Gasteiger partial charge in [-0.15, -0.1) is 0 Å². The van der Waals surface area contributed by atoms with Gasteiger partial charge in [0.25, 0.3) is 0 Å². The molecule has 0 aliphatic heterocycles. The first-order valence-corrected chi connectivity index (χ1v) is 13.7. The minimum absolute atomic E-state index is 0.125. The summed E-state index contributed by atoms with van der Waals surface area (Å²) in [7, 11) is 0. The van der Waals surface area contributed by atoms with Gasteiger partial charge in [0.1, 0.15) is 0 Å². The van der Waals surface area contributed by atoms with E-state index >= 15 is 0 Å². The second-order valence-electron chi connectivity index (χ2n) is 9.73. The monoisotopic (exact) mass is 438 g/mol. The molecule has 0 aromatic heterocycles. The Kier molecular flexibility index (Phi) is 21.7. The summed E-state index contributed by atoms with van der Waals surface area (Å²) in [5, 5.41) is 0. The van der Waals surface area contributed by atoms with E-state index in [1.54, 1.807) is 0 Å². The van der Waals surface area contributed by atoms with Gasteiger partial charge in [0.05, 0.1) is 5.92 Å². The van der Waals surface area contributed by atoms with Crippen LogP contribution in [0.25, 0.3) is 0 Å². The van der Waals surface area contributed by atoms with Crippen LogP contribution in [0.3, 0.4) is 0 Å². The van der Waals surface area contributed by atoms with Crippen molar-refractivity contribution in [2.75, 3.05) is 0 Å². The van der Waals surface area contributed by atoms with Gasteiger partial charge < -0.3 is 4.74 Å². The third-order valence-corrected chi connectivity index (χ3v) is 6.62. The fourth-order valence-electron chi connectivity index (χ4n) is 4.49. The largest absolute Gasteiger partial charge is 0.393 e. The molecule has 0 rings (SSSR count). The Bertz CT molecular complexity index is 418. The minimum Gasteiger partial charge on any atom is -0.393 e. The molecule has 0 aromatic carbocycles. The van der Waals surface area contributed by atoms with Gasteiger partial charge in [-0.25, -0.2) is 0 Å². The quantitative estimate of drug-likeness (QED) is 0.0961. The van der Waals surface area contributed by atoms with E-state index in [9.17, 15) is 9.59 Å². The van der Waals surface area contributed by atoms with E-state index in [4.69, 9.17) is 4.74 Å². The van der Waals surface area contributed by atoms with Gasteiger partial charge >= 0.3 is 11.9 Å². The van der Waals surface area contributed by atoms with Crippen molar-refractivity contribution in [1.82, 2.24) is 0 Å². The maximum Gasteiger partial charge on any atom is 0.316 e. The third-order valence-electron chi connectivity index (χ3n) is 6.62. The second kappa shape index (κ2) is 22.3. The molecule has 0 N–H and O–H groups in total. The molecule has 0 radical (unpaired) electrons. The van der Waals surface area contributed by atoms with Crippen molar-refractivity contribution in [3.8, 4) is 0 Å². The molecule has 0 bridgehead atoms. The average Bonchev–Trinajstić information content (AvgIpc) is 2.73. The van der Waals surface area contributed by atoms with Crippen LogP contribution in [0.2, 0.25) is 0 Å². The molecule has 0 saturated heterocycles. The normalized spacial score (nSPS) is 13.2. The van der Waals surface area contributed by atoms with E-state index in [1.807, 2.05) is 0 Å². The first-order chi connectivity index (χ1) is 15.0. The van der Waals surface area contributed by atoms with Crippen molar-refractivity contribution < 1.29 is 14.3 Å². The van der Waals surface area contributed by atoms with Crippen molar-refractivity contribution in [3.05, 3.63) is 0 Å². The molecule has 2 unspecified atom stereocenters. The van der Waals surface area contributed by atoms with Crippen LogP contribution in [0, 0.1) is 11.8 Å². The van der Waals surface area contributed by atoms with Crippen LogP contribution in [0.4, 0.5) is 0 Å². The average molecular weight is 439 g/mol. The highest BCUT2D eigenvalue weighted by molar-refractivity contribution is 5.85. The molecule has 0 aliphatic rings. The Hall–Kier alpha value is -0.860. The summed E-state index contributed by atoms with van der Waals surface area (Å²) < 4.78 is 4.89. The van der Waals surface area contributed by atoms with Crippen molar-refractivity contribution in [2.24, 2.45) is 11.8 Å². The zero-order valence-corrected chi connectivity index (χ0v) is 21.5. The molecule has 3 heteroatoms. The van der Waals surface area contributed by atoms with Crippen LogP contribution < -0.4 is 0 Å². The number of esters is 2. The van der Waals surface area contributed by atoms with Crippen LogP contribution >= 0.6 is 0 Å². The van der Waals surface area contributed by atoms with Crippen LogP contribution in [0.5, 0.6) is 0 Å². The van der Waals surface area contributed by atoms with Gasteiger partial charge in [-0.3, -0.25) is 9.59 Å². The summed E-state index contributed by atoms with van der Waals surface area (Å²) >= 11 is 0. The zero-order chi connectivity index (χ0) is 23.2. The molecule has 0 aromatic rings. The highest BCUT2D eigenvalue weighted by Crippen LogP contribution is 2.25. The van der Waals surface area contributed by atoms with Crippen LogP contribution in [-0.4, -0.2) is 11.9 Å². The number of hydrogen-bond donors (Lipinski definition) is 0. The Morgan fingerprint density at radius 1 is 0.581 bits per heavy atom. The van der Waals surface area contributed by atoms with Gasteiger partial charge in [0.15, 0.2) is 0 Å². The van der Waals surface area contributed by atoms with Gasteiger partial charge in [0, 0.05) is 6.92 Å². The molecule has 184 valence electrons. The SMILES string of the molecule is CCCCCCCCCCCCCCCCCCC(C)C(CCCC)C(=O)OC(C)=O. The molecule has 0 amide bonds. The van der Waals surface area contributed by atoms with E-state index in [0.29, 0.717) is 5.92 Å². The lowest BCUT2D eigenvalue weighted by molar-refractivity contribution is -0.162. The first kappa shape index (κ1) is 30.1. The fourth-order valence-corrected chi connectivity index (χ4v) is 4.49. The van der Waals surface area contributed by atoms with Crippen LogP contribution in [0.1, 0.15) is 156 Å². The smallest absolute Gasteiger partial charge is 0.316 e. The topological polar surface area (TPSA) is 43.4 Å². The van der Waals surface area contributed by atoms with E-state index in [-0.39, 0.29) is 11.9 Å². The Labute approximate surface area is 194 Å². The maximum atomic E-state index is 12.2. The van der Waals surface area contributed by atoms with Crippen LogP contribution in [-0.2, 0) is 14.3 Å². The van der Waals surface area contributed by atoms with Gasteiger partial charge in [-0.2, -0.15) is 0 Å². The Morgan fingerprint density at radius 2 is 0.968 bits per heavy atom. The predicted octanol–water partition coefficient (Wildman–Crippen LogP) is 9.17. The highest BCUT2D eigenvalue weighted by Gasteiger charge is 2.26. The van der Waals surface area contributed by atoms with E-state index in [0.717, 1.165) is 25.7 Å². The lowest BCUT2D eigenvalue weighted by Gasteiger charge is -2.21. The fraction of sp³-hybridized carbons (Fsp3) is 0.929. The van der Waals surface area contributed by atoms with E-state index in [1.165, 1.54) is 110 Å². The lowest BCUT2D eigenvalue weighted by atomic mass is 9.85. The Morgan fingerprint density at radius 3 is 1.35 bits per heavy atom. The standard InChI is InChI=1S/C28H54O3/c1-5-7-9-10-11-12-13-14-15-16-17-18-19-20-21-22-23-25(3)27(24-8-6-2)28(30)31-26(4)29/h25,27H,5-24H2,1-4H3. The molecular formula is C28H54O3. The molecule has 2 atom stereocenters. The Balaban J connectivity index is 3.60. The first-order valence-electron chi connectivity index (χ1n) is 13.7. The molecule has 0 fully saturated rings. The number of hydrogen-bond acceptors (Lipinski definition) is 3. The summed E-state index contributed by atoms with van der Waals surface area (Å²) in [6.07, 6.45) is 26.0. The number of ether oxygens (including phenoxy) is 1. The summed E-state index contributed by atoms with van der Waals surface area (Å²) in [6, 6.07) is 0.